The summed E-state index contributed by atoms with van der Waals surface area (Å²) in [5.74, 6) is 1.64. The number of aromatic nitrogens is 5. The number of hydrogen-bond donors (Lipinski definition) is 0. The summed E-state index contributed by atoms with van der Waals surface area (Å²) in [6.45, 7) is 2.08. The van der Waals surface area contributed by atoms with Gasteiger partial charge in [-0.15, -0.1) is 10.2 Å². The highest BCUT2D eigenvalue weighted by atomic mass is 32.2. The third kappa shape index (κ3) is 2.80. The van der Waals surface area contributed by atoms with Crippen molar-refractivity contribution in [2.24, 2.45) is 7.05 Å². The number of imidazole rings is 1. The van der Waals surface area contributed by atoms with Crippen LogP contribution in [0.1, 0.15) is 11.3 Å². The van der Waals surface area contributed by atoms with Crippen LogP contribution in [-0.4, -0.2) is 24.1 Å². The van der Waals surface area contributed by atoms with Crippen LogP contribution in [0, 0.1) is 6.92 Å². The van der Waals surface area contributed by atoms with Gasteiger partial charge in [0, 0.05) is 30.8 Å². The molecule has 0 aliphatic heterocycles. The average Bonchev–Trinajstić information content (AvgIpc) is 3.16. The molecule has 3 heterocycles. The van der Waals surface area contributed by atoms with E-state index < -0.39 is 0 Å². The Morgan fingerprint density at radius 1 is 1.00 bits per heavy atom. The zero-order valence-corrected chi connectivity index (χ0v) is 14.4. The van der Waals surface area contributed by atoms with Gasteiger partial charge in [0.1, 0.15) is 5.65 Å². The minimum absolute atomic E-state index is 0.765. The van der Waals surface area contributed by atoms with Gasteiger partial charge in [-0.3, -0.25) is 0 Å². The van der Waals surface area contributed by atoms with Gasteiger partial charge in [-0.05, 0) is 18.6 Å². The Balaban J connectivity index is 1.54. The molecule has 1 aromatic carbocycles. The summed E-state index contributed by atoms with van der Waals surface area (Å²) in [6, 6.07) is 14.2. The molecule has 0 spiro atoms. The van der Waals surface area contributed by atoms with Gasteiger partial charge in [-0.1, -0.05) is 48.2 Å². The first-order valence-electron chi connectivity index (χ1n) is 7.72. The number of pyridine rings is 1. The number of nitrogens with zero attached hydrogens (tertiary/aromatic N) is 5. The SMILES string of the molecule is Cc1ccc2nc(CSc3nnc(-c4ccccc4)n3C)cn2c1. The van der Waals surface area contributed by atoms with Crippen molar-refractivity contribution in [3.8, 4) is 11.4 Å². The Kier molecular flexibility index (Phi) is 3.82. The summed E-state index contributed by atoms with van der Waals surface area (Å²) in [5, 5.41) is 9.53. The van der Waals surface area contributed by atoms with Crippen molar-refractivity contribution in [3.63, 3.8) is 0 Å². The van der Waals surface area contributed by atoms with Crippen LogP contribution in [0.4, 0.5) is 0 Å². The van der Waals surface area contributed by atoms with Gasteiger partial charge < -0.3 is 8.97 Å². The number of benzene rings is 1. The van der Waals surface area contributed by atoms with Crippen LogP contribution >= 0.6 is 11.8 Å². The minimum atomic E-state index is 0.765. The molecule has 0 aliphatic carbocycles. The molecule has 5 nitrogen and oxygen atoms in total. The molecule has 0 saturated heterocycles. The van der Waals surface area contributed by atoms with Crippen LogP contribution in [0.2, 0.25) is 0 Å². The van der Waals surface area contributed by atoms with Crippen molar-refractivity contribution in [1.82, 2.24) is 24.1 Å². The van der Waals surface area contributed by atoms with Crippen molar-refractivity contribution >= 4 is 17.4 Å². The lowest BCUT2D eigenvalue weighted by Gasteiger charge is -2.02. The lowest BCUT2D eigenvalue weighted by molar-refractivity contribution is 0.793. The van der Waals surface area contributed by atoms with Gasteiger partial charge in [0.2, 0.25) is 0 Å². The molecule has 4 aromatic rings. The third-order valence-corrected chi connectivity index (χ3v) is 4.92. The summed E-state index contributed by atoms with van der Waals surface area (Å²) in [6.07, 6.45) is 4.16. The van der Waals surface area contributed by atoms with Gasteiger partial charge in [0.05, 0.1) is 5.69 Å². The molecule has 4 rings (SSSR count). The number of thioether (sulfide) groups is 1. The number of rotatable bonds is 4. The molecule has 0 N–H and O–H groups in total. The molecular weight excluding hydrogens is 318 g/mol. The molecule has 0 saturated carbocycles. The standard InChI is InChI=1S/C18H17N5S/c1-13-8-9-16-19-15(11-23(16)10-13)12-24-18-21-20-17(22(18)2)14-6-4-3-5-7-14/h3-11H,12H2,1-2H3. The van der Waals surface area contributed by atoms with E-state index in [0.29, 0.717) is 0 Å². The van der Waals surface area contributed by atoms with Crippen molar-refractivity contribution in [1.29, 1.82) is 0 Å². The highest BCUT2D eigenvalue weighted by Gasteiger charge is 2.12. The second-order valence-corrected chi connectivity index (χ2v) is 6.67. The fourth-order valence-corrected chi connectivity index (χ4v) is 3.44. The van der Waals surface area contributed by atoms with Gasteiger partial charge in [-0.25, -0.2) is 4.98 Å². The number of aryl methyl sites for hydroxylation is 1. The topological polar surface area (TPSA) is 48.0 Å². The Bertz CT molecular complexity index is 987. The van der Waals surface area contributed by atoms with Crippen LogP contribution < -0.4 is 0 Å². The van der Waals surface area contributed by atoms with Crippen molar-refractivity contribution in [2.75, 3.05) is 0 Å². The van der Waals surface area contributed by atoms with Crippen LogP contribution in [-0.2, 0) is 12.8 Å². The van der Waals surface area contributed by atoms with Crippen molar-refractivity contribution in [2.45, 2.75) is 17.8 Å². The molecule has 6 heteroatoms. The molecule has 24 heavy (non-hydrogen) atoms. The summed E-state index contributed by atoms with van der Waals surface area (Å²) >= 11 is 1.65. The summed E-state index contributed by atoms with van der Waals surface area (Å²) in [5.41, 5.74) is 4.30. The quantitative estimate of drug-likeness (QED) is 0.533. The average molecular weight is 335 g/mol. The first-order chi connectivity index (χ1) is 11.7. The largest absolute Gasteiger partial charge is 0.307 e. The first-order valence-corrected chi connectivity index (χ1v) is 8.71. The molecule has 0 bridgehead atoms. The Hall–Kier alpha value is -2.60. The second-order valence-electron chi connectivity index (χ2n) is 5.72. The van der Waals surface area contributed by atoms with E-state index in [1.54, 1.807) is 11.8 Å². The number of hydrogen-bond acceptors (Lipinski definition) is 4. The van der Waals surface area contributed by atoms with E-state index in [1.165, 1.54) is 5.56 Å². The van der Waals surface area contributed by atoms with Crippen molar-refractivity contribution < 1.29 is 0 Å². The molecule has 3 aromatic heterocycles. The predicted octanol–water partition coefficient (Wildman–Crippen LogP) is 3.73. The zero-order chi connectivity index (χ0) is 16.5. The maximum atomic E-state index is 4.65. The predicted molar refractivity (Wildman–Crippen MR) is 95.9 cm³/mol. The number of fused-ring (bicyclic) bond motifs is 1. The normalized spacial score (nSPS) is 11.2. The maximum Gasteiger partial charge on any atom is 0.191 e. The van der Waals surface area contributed by atoms with E-state index in [4.69, 9.17) is 0 Å². The Morgan fingerprint density at radius 3 is 2.67 bits per heavy atom. The first kappa shape index (κ1) is 15.0. The highest BCUT2D eigenvalue weighted by Crippen LogP contribution is 2.25. The molecule has 0 amide bonds. The summed E-state index contributed by atoms with van der Waals surface area (Å²) < 4.78 is 4.09. The van der Waals surface area contributed by atoms with E-state index in [2.05, 4.69) is 45.0 Å². The van der Waals surface area contributed by atoms with E-state index >= 15 is 0 Å². The lowest BCUT2D eigenvalue weighted by atomic mass is 10.2. The van der Waals surface area contributed by atoms with Crippen LogP contribution in [0.5, 0.6) is 0 Å². The Labute approximate surface area is 144 Å². The lowest BCUT2D eigenvalue weighted by Crippen LogP contribution is -1.95. The monoisotopic (exact) mass is 335 g/mol. The maximum absolute atomic E-state index is 4.65. The van der Waals surface area contributed by atoms with Crippen LogP contribution in [0.15, 0.2) is 60.0 Å². The smallest absolute Gasteiger partial charge is 0.191 e. The fourth-order valence-electron chi connectivity index (χ4n) is 2.64. The summed E-state index contributed by atoms with van der Waals surface area (Å²) in [7, 11) is 2.00. The van der Waals surface area contributed by atoms with E-state index in [0.717, 1.165) is 33.6 Å². The molecule has 120 valence electrons. The van der Waals surface area contributed by atoms with E-state index in [-0.39, 0.29) is 0 Å². The molecular formula is C18H17N5S. The molecule has 0 atom stereocenters. The molecule has 0 radical (unpaired) electrons. The van der Waals surface area contributed by atoms with Crippen LogP contribution in [0.25, 0.3) is 17.0 Å². The van der Waals surface area contributed by atoms with Gasteiger partial charge in [0.25, 0.3) is 0 Å². The zero-order valence-electron chi connectivity index (χ0n) is 13.5. The molecule has 0 aliphatic rings. The van der Waals surface area contributed by atoms with E-state index in [1.807, 2.05) is 48.0 Å². The van der Waals surface area contributed by atoms with Crippen LogP contribution in [0.3, 0.4) is 0 Å². The molecule has 0 fully saturated rings. The minimum Gasteiger partial charge on any atom is -0.307 e. The third-order valence-electron chi connectivity index (χ3n) is 3.86. The van der Waals surface area contributed by atoms with Gasteiger partial charge in [-0.2, -0.15) is 0 Å². The highest BCUT2D eigenvalue weighted by molar-refractivity contribution is 7.98. The van der Waals surface area contributed by atoms with Crippen molar-refractivity contribution in [3.05, 3.63) is 66.1 Å². The summed E-state index contributed by atoms with van der Waals surface area (Å²) in [4.78, 5) is 4.65. The molecule has 0 unspecified atom stereocenters. The van der Waals surface area contributed by atoms with Gasteiger partial charge in [0.15, 0.2) is 11.0 Å². The van der Waals surface area contributed by atoms with Gasteiger partial charge >= 0.3 is 0 Å². The Morgan fingerprint density at radius 2 is 1.83 bits per heavy atom. The fraction of sp³-hybridized carbons (Fsp3) is 0.167. The second kappa shape index (κ2) is 6.13. The van der Waals surface area contributed by atoms with E-state index in [9.17, 15) is 0 Å².